The maximum atomic E-state index is 8.90. The zero-order valence-corrected chi connectivity index (χ0v) is 12.4. The van der Waals surface area contributed by atoms with Gasteiger partial charge in [-0.25, -0.2) is 4.84 Å². The van der Waals surface area contributed by atoms with Crippen LogP contribution in [-0.2, 0) is 17.9 Å². The van der Waals surface area contributed by atoms with Crippen molar-refractivity contribution >= 4 is 17.3 Å². The summed E-state index contributed by atoms with van der Waals surface area (Å²) in [5.41, 5.74) is 4.24. The Labute approximate surface area is 128 Å². The highest BCUT2D eigenvalue weighted by Gasteiger charge is 2.13. The summed E-state index contributed by atoms with van der Waals surface area (Å²) in [6.07, 6.45) is 0.272. The molecule has 0 saturated heterocycles. The van der Waals surface area contributed by atoms with Crippen LogP contribution in [0, 0.1) is 11.3 Å². The van der Waals surface area contributed by atoms with Gasteiger partial charge in [-0.1, -0.05) is 41.9 Å². The molecule has 0 heterocycles. The molecule has 21 heavy (non-hydrogen) atoms. The zero-order valence-electron chi connectivity index (χ0n) is 11.7. The van der Waals surface area contributed by atoms with E-state index < -0.39 is 0 Å². The number of hydrogen-bond donors (Lipinski definition) is 1. The SMILES string of the molecule is CO[NH2+]c1cc(Cl)c(OCc2ccccc2)cc1CC#N. The van der Waals surface area contributed by atoms with Gasteiger partial charge in [0.1, 0.15) is 12.4 Å². The lowest BCUT2D eigenvalue weighted by Gasteiger charge is -2.11. The van der Waals surface area contributed by atoms with Gasteiger partial charge in [0, 0.05) is 11.6 Å². The number of halogens is 1. The molecule has 0 aliphatic rings. The third kappa shape index (κ3) is 4.20. The molecule has 0 atom stereocenters. The molecule has 2 aromatic rings. The van der Waals surface area contributed by atoms with Crippen LogP contribution >= 0.6 is 11.6 Å². The summed E-state index contributed by atoms with van der Waals surface area (Å²) < 4.78 is 5.75. The van der Waals surface area contributed by atoms with Gasteiger partial charge in [0.25, 0.3) is 0 Å². The second-order valence-electron chi connectivity index (χ2n) is 4.44. The fraction of sp³-hybridized carbons (Fsp3) is 0.188. The Bertz CT molecular complexity index is 639. The number of ether oxygens (including phenoxy) is 1. The highest BCUT2D eigenvalue weighted by atomic mass is 35.5. The van der Waals surface area contributed by atoms with E-state index in [4.69, 9.17) is 26.4 Å². The second kappa shape index (κ2) is 7.65. The van der Waals surface area contributed by atoms with Crippen LogP contribution < -0.4 is 10.2 Å². The number of nitriles is 1. The molecule has 5 heteroatoms. The normalized spacial score (nSPS) is 10.1. The molecular formula is C16H16ClN2O2+. The van der Waals surface area contributed by atoms with Crippen LogP contribution in [0.15, 0.2) is 42.5 Å². The van der Waals surface area contributed by atoms with Crippen molar-refractivity contribution < 1.29 is 15.1 Å². The van der Waals surface area contributed by atoms with Gasteiger partial charge in [-0.2, -0.15) is 10.7 Å². The maximum absolute atomic E-state index is 8.90. The summed E-state index contributed by atoms with van der Waals surface area (Å²) in [6, 6.07) is 15.5. The fourth-order valence-corrected chi connectivity index (χ4v) is 2.16. The van der Waals surface area contributed by atoms with E-state index in [9.17, 15) is 0 Å². The van der Waals surface area contributed by atoms with E-state index in [-0.39, 0.29) is 6.42 Å². The highest BCUT2D eigenvalue weighted by molar-refractivity contribution is 6.32. The van der Waals surface area contributed by atoms with Crippen molar-refractivity contribution in [2.45, 2.75) is 13.0 Å². The van der Waals surface area contributed by atoms with Crippen molar-refractivity contribution in [3.05, 3.63) is 58.6 Å². The second-order valence-corrected chi connectivity index (χ2v) is 4.85. The lowest BCUT2D eigenvalue weighted by Crippen LogP contribution is -2.76. The van der Waals surface area contributed by atoms with E-state index in [1.165, 1.54) is 0 Å². The maximum Gasteiger partial charge on any atom is 0.167 e. The standard InChI is InChI=1S/C16H15ClN2O2/c1-20-19-15-10-14(17)16(9-13(15)7-8-18)21-11-12-5-3-2-4-6-12/h2-6,9-10,19H,7,11H2,1H3/p+1. The number of benzene rings is 2. The minimum absolute atomic E-state index is 0.272. The molecule has 0 aromatic heterocycles. The molecule has 0 fully saturated rings. The number of nitrogens with zero attached hydrogens (tertiary/aromatic N) is 1. The molecule has 2 N–H and O–H groups in total. The van der Waals surface area contributed by atoms with Crippen LogP contribution in [0.2, 0.25) is 5.02 Å². The number of quaternary nitrogens is 1. The molecule has 108 valence electrons. The summed E-state index contributed by atoms with van der Waals surface area (Å²) in [7, 11) is 1.56. The predicted octanol–water partition coefficient (Wildman–Crippen LogP) is 2.74. The van der Waals surface area contributed by atoms with Gasteiger partial charge < -0.3 is 4.74 Å². The van der Waals surface area contributed by atoms with Crippen molar-refractivity contribution in [1.82, 2.24) is 0 Å². The summed E-state index contributed by atoms with van der Waals surface area (Å²) >= 11 is 6.22. The number of nitrogens with two attached hydrogens (primary N) is 1. The van der Waals surface area contributed by atoms with Crippen molar-refractivity contribution in [3.63, 3.8) is 0 Å². The molecule has 0 radical (unpaired) electrons. The van der Waals surface area contributed by atoms with Gasteiger partial charge in [-0.05, 0) is 11.6 Å². The van der Waals surface area contributed by atoms with Crippen LogP contribution in [0.3, 0.4) is 0 Å². The lowest BCUT2D eigenvalue weighted by atomic mass is 10.1. The molecule has 0 saturated carbocycles. The number of rotatable bonds is 6. The Morgan fingerprint density at radius 3 is 2.67 bits per heavy atom. The largest absolute Gasteiger partial charge is 0.487 e. The average Bonchev–Trinajstić information content (AvgIpc) is 2.50. The minimum Gasteiger partial charge on any atom is -0.487 e. The quantitative estimate of drug-likeness (QED) is 0.659. The molecule has 0 aliphatic carbocycles. The van der Waals surface area contributed by atoms with Crippen molar-refractivity contribution in [2.24, 2.45) is 0 Å². The van der Waals surface area contributed by atoms with Crippen LogP contribution in [0.4, 0.5) is 5.69 Å². The van der Waals surface area contributed by atoms with Crippen LogP contribution in [-0.4, -0.2) is 7.11 Å². The summed E-state index contributed by atoms with van der Waals surface area (Å²) in [4.78, 5) is 5.01. The molecule has 0 aliphatic heterocycles. The first-order chi connectivity index (χ1) is 10.2. The first-order valence-electron chi connectivity index (χ1n) is 6.46. The monoisotopic (exact) mass is 303 g/mol. The average molecular weight is 304 g/mol. The molecule has 4 nitrogen and oxygen atoms in total. The Morgan fingerprint density at radius 2 is 2.00 bits per heavy atom. The molecule has 0 bridgehead atoms. The lowest BCUT2D eigenvalue weighted by molar-refractivity contribution is -0.830. The molecule has 2 aromatic carbocycles. The highest BCUT2D eigenvalue weighted by Crippen LogP contribution is 2.30. The van der Waals surface area contributed by atoms with E-state index in [1.54, 1.807) is 24.7 Å². The molecule has 0 amide bonds. The predicted molar refractivity (Wildman–Crippen MR) is 80.1 cm³/mol. The van der Waals surface area contributed by atoms with Crippen LogP contribution in [0.1, 0.15) is 11.1 Å². The van der Waals surface area contributed by atoms with E-state index in [0.29, 0.717) is 17.4 Å². The zero-order chi connectivity index (χ0) is 15.1. The Morgan fingerprint density at radius 1 is 1.24 bits per heavy atom. The van der Waals surface area contributed by atoms with Gasteiger partial charge in [0.05, 0.1) is 24.6 Å². The molecule has 0 spiro atoms. The summed E-state index contributed by atoms with van der Waals surface area (Å²) in [6.45, 7) is 0.430. The summed E-state index contributed by atoms with van der Waals surface area (Å²) in [5.74, 6) is 0.569. The molecular weight excluding hydrogens is 288 g/mol. The van der Waals surface area contributed by atoms with E-state index in [0.717, 1.165) is 16.8 Å². The van der Waals surface area contributed by atoms with Crippen molar-refractivity contribution in [1.29, 1.82) is 5.26 Å². The van der Waals surface area contributed by atoms with Gasteiger partial charge in [-0.15, -0.1) is 0 Å². The number of hydrogen-bond acceptors (Lipinski definition) is 3. The van der Waals surface area contributed by atoms with Gasteiger partial charge in [-0.3, -0.25) is 0 Å². The topological polar surface area (TPSA) is 58.9 Å². The first kappa shape index (κ1) is 15.3. The van der Waals surface area contributed by atoms with Crippen LogP contribution in [0.25, 0.3) is 0 Å². The van der Waals surface area contributed by atoms with Gasteiger partial charge in [0.2, 0.25) is 0 Å². The smallest absolute Gasteiger partial charge is 0.167 e. The Balaban J connectivity index is 2.19. The first-order valence-corrected chi connectivity index (χ1v) is 6.84. The molecule has 0 unspecified atom stereocenters. The van der Waals surface area contributed by atoms with E-state index in [1.807, 2.05) is 30.3 Å². The van der Waals surface area contributed by atoms with Gasteiger partial charge in [0.15, 0.2) is 5.69 Å². The van der Waals surface area contributed by atoms with E-state index >= 15 is 0 Å². The third-order valence-electron chi connectivity index (χ3n) is 2.95. The summed E-state index contributed by atoms with van der Waals surface area (Å²) in [5, 5.41) is 9.40. The minimum atomic E-state index is 0.272. The van der Waals surface area contributed by atoms with Crippen molar-refractivity contribution in [2.75, 3.05) is 7.11 Å². The fourth-order valence-electron chi connectivity index (χ4n) is 1.93. The Kier molecular flexibility index (Phi) is 5.59. The van der Waals surface area contributed by atoms with E-state index in [2.05, 4.69) is 6.07 Å². The van der Waals surface area contributed by atoms with Crippen molar-refractivity contribution in [3.8, 4) is 11.8 Å². The third-order valence-corrected chi connectivity index (χ3v) is 3.24. The molecule has 2 rings (SSSR count). The Hall–Kier alpha value is -2.06. The van der Waals surface area contributed by atoms with Crippen LogP contribution in [0.5, 0.6) is 5.75 Å². The van der Waals surface area contributed by atoms with Gasteiger partial charge >= 0.3 is 0 Å².